The Balaban J connectivity index is 1.42. The van der Waals surface area contributed by atoms with Crippen molar-refractivity contribution in [1.29, 1.82) is 0 Å². The zero-order valence-corrected chi connectivity index (χ0v) is 20.1. The van der Waals surface area contributed by atoms with E-state index in [0.717, 1.165) is 31.4 Å². The van der Waals surface area contributed by atoms with Crippen molar-refractivity contribution in [2.45, 2.75) is 65.1 Å². The maximum atomic E-state index is 12.9. The predicted molar refractivity (Wildman–Crippen MR) is 127 cm³/mol. The average molecular weight is 466 g/mol. The molecule has 2 saturated carbocycles. The molecule has 8 heteroatoms. The summed E-state index contributed by atoms with van der Waals surface area (Å²) in [7, 11) is 0. The van der Waals surface area contributed by atoms with E-state index >= 15 is 0 Å². The average Bonchev–Trinajstić information content (AvgIpc) is 2.85. The molecule has 2 amide bonds. The summed E-state index contributed by atoms with van der Waals surface area (Å²) in [5, 5.41) is 17.6. The minimum atomic E-state index is -0.611. The highest BCUT2D eigenvalue weighted by molar-refractivity contribution is 5.92. The lowest BCUT2D eigenvalue weighted by Crippen LogP contribution is -2.58. The topological polar surface area (TPSA) is 117 Å². The second-order valence-electron chi connectivity index (χ2n) is 10.3. The maximum Gasteiger partial charge on any atom is 0.271 e. The van der Waals surface area contributed by atoms with E-state index in [1.54, 1.807) is 6.20 Å². The summed E-state index contributed by atoms with van der Waals surface area (Å²) in [6.45, 7) is 6.65. The number of nitrogens with one attached hydrogen (secondary N) is 2. The van der Waals surface area contributed by atoms with Crippen molar-refractivity contribution < 1.29 is 14.7 Å². The number of aromatic nitrogens is 3. The smallest absolute Gasteiger partial charge is 0.271 e. The van der Waals surface area contributed by atoms with Crippen LogP contribution in [0, 0.1) is 29.1 Å². The molecule has 7 atom stereocenters. The lowest BCUT2D eigenvalue weighted by Gasteiger charge is -2.56. The van der Waals surface area contributed by atoms with Crippen molar-refractivity contribution in [2.75, 3.05) is 0 Å². The van der Waals surface area contributed by atoms with E-state index in [2.05, 4.69) is 39.4 Å². The van der Waals surface area contributed by atoms with E-state index in [0.29, 0.717) is 12.2 Å². The van der Waals surface area contributed by atoms with Crippen LogP contribution in [0.1, 0.15) is 62.6 Å². The van der Waals surface area contributed by atoms with Crippen molar-refractivity contribution in [3.05, 3.63) is 54.4 Å². The van der Waals surface area contributed by atoms with Gasteiger partial charge in [0.15, 0.2) is 0 Å². The van der Waals surface area contributed by atoms with Gasteiger partial charge in [0.2, 0.25) is 5.91 Å². The molecule has 2 aliphatic carbocycles. The maximum absolute atomic E-state index is 12.9. The monoisotopic (exact) mass is 465 g/mol. The molecule has 0 saturated heterocycles. The fraction of sp³-hybridized carbons (Fsp3) is 0.577. The fourth-order valence-electron chi connectivity index (χ4n) is 6.19. The number of rotatable bonds is 6. The number of fused-ring (bicyclic) bond motifs is 1. The van der Waals surface area contributed by atoms with Crippen LogP contribution < -0.4 is 10.6 Å². The summed E-state index contributed by atoms with van der Waals surface area (Å²) in [5.74, 6) is -0.671. The molecule has 1 unspecified atom stereocenters. The number of hydrogen-bond acceptors (Lipinski definition) is 6. The molecule has 2 heterocycles. The third-order valence-electron chi connectivity index (χ3n) is 8.23. The normalized spacial score (nSPS) is 31.7. The summed E-state index contributed by atoms with van der Waals surface area (Å²) >= 11 is 0. The van der Waals surface area contributed by atoms with Gasteiger partial charge in [0.25, 0.3) is 5.91 Å². The molecular formula is C26H35N5O3. The third-order valence-corrected chi connectivity index (χ3v) is 8.23. The van der Waals surface area contributed by atoms with Gasteiger partial charge >= 0.3 is 0 Å². The first-order valence-corrected chi connectivity index (χ1v) is 12.2. The van der Waals surface area contributed by atoms with Gasteiger partial charge < -0.3 is 15.7 Å². The van der Waals surface area contributed by atoms with Crippen LogP contribution in [0.3, 0.4) is 0 Å². The first-order valence-electron chi connectivity index (χ1n) is 12.2. The van der Waals surface area contributed by atoms with E-state index in [4.69, 9.17) is 0 Å². The molecule has 2 fully saturated rings. The van der Waals surface area contributed by atoms with Gasteiger partial charge in [-0.15, -0.1) is 0 Å². The molecule has 4 rings (SSSR count). The Morgan fingerprint density at radius 3 is 2.68 bits per heavy atom. The minimum absolute atomic E-state index is 0.00167. The highest BCUT2D eigenvalue weighted by atomic mass is 16.3. The Bertz CT molecular complexity index is 988. The van der Waals surface area contributed by atoms with Gasteiger partial charge in [-0.2, -0.15) is 0 Å². The van der Waals surface area contributed by atoms with Crippen LogP contribution in [0.25, 0.3) is 0 Å². The van der Waals surface area contributed by atoms with E-state index in [9.17, 15) is 14.7 Å². The van der Waals surface area contributed by atoms with Crippen LogP contribution in [-0.2, 0) is 11.3 Å². The minimum Gasteiger partial charge on any atom is -0.392 e. The van der Waals surface area contributed by atoms with E-state index < -0.39 is 6.10 Å². The van der Waals surface area contributed by atoms with E-state index in [1.165, 1.54) is 18.6 Å². The summed E-state index contributed by atoms with van der Waals surface area (Å²) in [4.78, 5) is 38.0. The lowest BCUT2D eigenvalue weighted by atomic mass is 9.51. The van der Waals surface area contributed by atoms with Crippen LogP contribution in [-0.4, -0.2) is 44.0 Å². The van der Waals surface area contributed by atoms with Crippen LogP contribution >= 0.6 is 0 Å². The summed E-state index contributed by atoms with van der Waals surface area (Å²) in [5.41, 5.74) is 1.10. The van der Waals surface area contributed by atoms with Crippen molar-refractivity contribution in [3.63, 3.8) is 0 Å². The number of carbonyl (C=O) groups is 2. The summed E-state index contributed by atoms with van der Waals surface area (Å²) < 4.78 is 0. The van der Waals surface area contributed by atoms with Crippen LogP contribution in [0.15, 0.2) is 43.0 Å². The predicted octanol–water partition coefficient (Wildman–Crippen LogP) is 2.75. The van der Waals surface area contributed by atoms with Gasteiger partial charge in [0, 0.05) is 30.6 Å². The molecular weight excluding hydrogens is 430 g/mol. The molecule has 2 aromatic rings. The molecule has 0 bridgehead atoms. The Hall–Kier alpha value is -2.87. The Morgan fingerprint density at radius 2 is 1.97 bits per heavy atom. The van der Waals surface area contributed by atoms with E-state index in [-0.39, 0.29) is 46.9 Å². The zero-order chi connectivity index (χ0) is 24.3. The van der Waals surface area contributed by atoms with Gasteiger partial charge in [-0.3, -0.25) is 19.6 Å². The molecule has 34 heavy (non-hydrogen) atoms. The molecule has 0 spiro atoms. The Labute approximate surface area is 201 Å². The van der Waals surface area contributed by atoms with Gasteiger partial charge in [-0.05, 0) is 61.0 Å². The highest BCUT2D eigenvalue weighted by Gasteiger charge is 2.53. The van der Waals surface area contributed by atoms with Crippen LogP contribution in [0.5, 0.6) is 0 Å². The fourth-order valence-corrected chi connectivity index (χ4v) is 6.19. The van der Waals surface area contributed by atoms with E-state index in [1.807, 2.05) is 25.1 Å². The molecule has 8 nitrogen and oxygen atoms in total. The van der Waals surface area contributed by atoms with Gasteiger partial charge in [0.1, 0.15) is 5.69 Å². The number of amides is 2. The largest absolute Gasteiger partial charge is 0.392 e. The molecule has 2 aliphatic rings. The number of nitrogens with zero attached hydrogens (tertiary/aromatic N) is 3. The summed E-state index contributed by atoms with van der Waals surface area (Å²) in [6, 6.07) is 5.56. The quantitative estimate of drug-likeness (QED) is 0.604. The molecule has 3 N–H and O–H groups in total. The summed E-state index contributed by atoms with van der Waals surface area (Å²) in [6.07, 6.45) is 9.17. The molecule has 0 aliphatic heterocycles. The van der Waals surface area contributed by atoms with Crippen molar-refractivity contribution in [3.8, 4) is 0 Å². The van der Waals surface area contributed by atoms with Gasteiger partial charge in [-0.25, -0.2) is 4.98 Å². The van der Waals surface area contributed by atoms with Gasteiger partial charge in [0.05, 0.1) is 24.5 Å². The van der Waals surface area contributed by atoms with Crippen LogP contribution in [0.4, 0.5) is 0 Å². The molecule has 0 aromatic carbocycles. The number of pyridine rings is 1. The molecule has 0 radical (unpaired) electrons. The SMILES string of the molecule is C[C@H]1[C@@H]2[C@@H](O)C([C@H](C)C(=O)NCc3ccccn3)CC[C@@]2(C)CC[C@@H]1NC(=O)c1cnccn1. The number of hydrogen-bond donors (Lipinski definition) is 3. The standard InChI is InChI=1S/C26H35N5O3/c1-16(24(33)30-14-18-6-4-5-11-28-18)19-7-9-26(3)10-8-20(17(2)22(26)23(19)32)31-25(34)21-15-27-12-13-29-21/h4-6,11-13,15-17,19-20,22-23,32H,7-10,14H2,1-3H3,(H,30,33)(H,31,34)/t16-,17+,19?,20-,22+,23-,26-/m0/s1. The molecule has 2 aromatic heterocycles. The third kappa shape index (κ3) is 4.97. The first-order chi connectivity index (χ1) is 16.3. The van der Waals surface area contributed by atoms with Crippen LogP contribution in [0.2, 0.25) is 0 Å². The van der Waals surface area contributed by atoms with Crippen molar-refractivity contribution in [1.82, 2.24) is 25.6 Å². The van der Waals surface area contributed by atoms with Crippen molar-refractivity contribution >= 4 is 11.8 Å². The number of aliphatic hydroxyl groups is 1. The Kier molecular flexibility index (Phi) is 7.26. The molecule has 182 valence electrons. The second kappa shape index (κ2) is 10.2. The Morgan fingerprint density at radius 1 is 1.18 bits per heavy atom. The first kappa shape index (κ1) is 24.3. The number of aliphatic hydroxyl groups excluding tert-OH is 1. The second-order valence-corrected chi connectivity index (χ2v) is 10.3. The lowest BCUT2D eigenvalue weighted by molar-refractivity contribution is -0.142. The highest BCUT2D eigenvalue weighted by Crippen LogP contribution is 2.55. The van der Waals surface area contributed by atoms with Crippen molar-refractivity contribution in [2.24, 2.45) is 29.1 Å². The zero-order valence-electron chi connectivity index (χ0n) is 20.1. The van der Waals surface area contributed by atoms with Gasteiger partial charge in [-0.1, -0.05) is 26.8 Å². The number of carbonyl (C=O) groups excluding carboxylic acids is 2.